The van der Waals surface area contributed by atoms with Crippen LogP contribution in [0.15, 0.2) is 4.52 Å². The largest absolute Gasteiger partial charge is 0.338 e. The average Bonchev–Trinajstić information content (AvgIpc) is 2.77. The van der Waals surface area contributed by atoms with Gasteiger partial charge in [0, 0.05) is 32.6 Å². The van der Waals surface area contributed by atoms with Crippen LogP contribution >= 0.6 is 0 Å². The standard InChI is InChI=1S/C11H20N4O3S/c1-3-4-10-12-11(18-13-10)9-14-5-7-15(8-6-14)19(2,16)17/h3-9H2,1-2H3. The minimum atomic E-state index is -3.07. The summed E-state index contributed by atoms with van der Waals surface area (Å²) in [6, 6.07) is 0. The fraction of sp³-hybridized carbons (Fsp3) is 0.818. The normalized spacial score (nSPS) is 18.8. The van der Waals surface area contributed by atoms with Crippen molar-refractivity contribution in [2.45, 2.75) is 26.3 Å². The van der Waals surface area contributed by atoms with Crippen molar-refractivity contribution in [2.24, 2.45) is 0 Å². The van der Waals surface area contributed by atoms with Crippen LogP contribution in [-0.2, 0) is 23.0 Å². The number of aromatic nitrogens is 2. The molecule has 2 heterocycles. The van der Waals surface area contributed by atoms with Crippen molar-refractivity contribution >= 4 is 10.0 Å². The first-order valence-electron chi connectivity index (χ1n) is 6.48. The van der Waals surface area contributed by atoms with E-state index in [9.17, 15) is 8.42 Å². The Bertz CT molecular complexity index is 506. The van der Waals surface area contributed by atoms with Gasteiger partial charge in [0.25, 0.3) is 0 Å². The smallest absolute Gasteiger partial charge is 0.240 e. The van der Waals surface area contributed by atoms with E-state index in [1.165, 1.54) is 10.6 Å². The van der Waals surface area contributed by atoms with Crippen LogP contribution in [0.4, 0.5) is 0 Å². The third kappa shape index (κ3) is 3.99. The van der Waals surface area contributed by atoms with Crippen molar-refractivity contribution in [3.8, 4) is 0 Å². The maximum atomic E-state index is 11.4. The Hall–Kier alpha value is -0.990. The molecular formula is C11H20N4O3S. The number of hydrogen-bond acceptors (Lipinski definition) is 6. The molecule has 0 spiro atoms. The van der Waals surface area contributed by atoms with Crippen LogP contribution in [0.2, 0.25) is 0 Å². The van der Waals surface area contributed by atoms with Gasteiger partial charge in [-0.3, -0.25) is 4.90 Å². The summed E-state index contributed by atoms with van der Waals surface area (Å²) >= 11 is 0. The second kappa shape index (κ2) is 5.98. The Kier molecular flexibility index (Phi) is 4.54. The van der Waals surface area contributed by atoms with Gasteiger partial charge in [0.2, 0.25) is 15.9 Å². The maximum Gasteiger partial charge on any atom is 0.240 e. The first-order valence-corrected chi connectivity index (χ1v) is 8.33. The number of aryl methyl sites for hydroxylation is 1. The Morgan fingerprint density at radius 2 is 1.95 bits per heavy atom. The molecule has 19 heavy (non-hydrogen) atoms. The van der Waals surface area contributed by atoms with E-state index in [4.69, 9.17) is 4.52 Å². The molecule has 0 radical (unpaired) electrons. The lowest BCUT2D eigenvalue weighted by Gasteiger charge is -2.32. The molecule has 2 rings (SSSR count). The highest BCUT2D eigenvalue weighted by Gasteiger charge is 2.24. The summed E-state index contributed by atoms with van der Waals surface area (Å²) in [7, 11) is -3.07. The fourth-order valence-corrected chi connectivity index (χ4v) is 2.92. The van der Waals surface area contributed by atoms with Crippen LogP contribution in [0.1, 0.15) is 25.1 Å². The van der Waals surface area contributed by atoms with Crippen LogP contribution in [0.3, 0.4) is 0 Å². The monoisotopic (exact) mass is 288 g/mol. The van der Waals surface area contributed by atoms with Gasteiger partial charge in [0.15, 0.2) is 5.82 Å². The number of nitrogens with zero attached hydrogens (tertiary/aromatic N) is 4. The van der Waals surface area contributed by atoms with Gasteiger partial charge < -0.3 is 4.52 Å². The third-order valence-electron chi connectivity index (χ3n) is 3.14. The molecule has 0 N–H and O–H groups in total. The van der Waals surface area contributed by atoms with Crippen LogP contribution in [0.5, 0.6) is 0 Å². The average molecular weight is 288 g/mol. The van der Waals surface area contributed by atoms with Gasteiger partial charge in [0.05, 0.1) is 12.8 Å². The summed E-state index contributed by atoms with van der Waals surface area (Å²) in [5.41, 5.74) is 0. The van der Waals surface area contributed by atoms with E-state index in [1.807, 2.05) is 0 Å². The van der Waals surface area contributed by atoms with Crippen molar-refractivity contribution in [3.05, 3.63) is 11.7 Å². The second-order valence-electron chi connectivity index (χ2n) is 4.79. The highest BCUT2D eigenvalue weighted by Crippen LogP contribution is 2.10. The molecule has 0 unspecified atom stereocenters. The quantitative estimate of drug-likeness (QED) is 0.764. The van der Waals surface area contributed by atoms with Gasteiger partial charge in [0.1, 0.15) is 0 Å². The van der Waals surface area contributed by atoms with Crippen molar-refractivity contribution < 1.29 is 12.9 Å². The van der Waals surface area contributed by atoms with Gasteiger partial charge in [-0.05, 0) is 6.42 Å². The molecular weight excluding hydrogens is 268 g/mol. The molecule has 1 fully saturated rings. The molecule has 0 atom stereocenters. The van der Waals surface area contributed by atoms with Crippen LogP contribution < -0.4 is 0 Å². The minimum Gasteiger partial charge on any atom is -0.338 e. The van der Waals surface area contributed by atoms with E-state index in [0.29, 0.717) is 38.6 Å². The molecule has 0 bridgehead atoms. The molecule has 0 saturated carbocycles. The molecule has 1 aromatic rings. The molecule has 8 heteroatoms. The molecule has 1 aliphatic rings. The van der Waals surface area contributed by atoms with Gasteiger partial charge >= 0.3 is 0 Å². The molecule has 7 nitrogen and oxygen atoms in total. The van der Waals surface area contributed by atoms with Crippen LogP contribution in [0, 0.1) is 0 Å². The second-order valence-corrected chi connectivity index (χ2v) is 6.77. The van der Waals surface area contributed by atoms with E-state index < -0.39 is 10.0 Å². The number of hydrogen-bond donors (Lipinski definition) is 0. The molecule has 0 aliphatic carbocycles. The van der Waals surface area contributed by atoms with E-state index >= 15 is 0 Å². The van der Waals surface area contributed by atoms with Crippen LogP contribution in [0.25, 0.3) is 0 Å². The molecule has 0 aromatic carbocycles. The highest BCUT2D eigenvalue weighted by atomic mass is 32.2. The number of sulfonamides is 1. The molecule has 0 amide bonds. The zero-order valence-corrected chi connectivity index (χ0v) is 12.2. The Labute approximate surface area is 113 Å². The summed E-state index contributed by atoms with van der Waals surface area (Å²) in [6.45, 7) is 5.09. The predicted molar refractivity (Wildman–Crippen MR) is 70.0 cm³/mol. The number of piperazine rings is 1. The van der Waals surface area contributed by atoms with Crippen molar-refractivity contribution in [2.75, 3.05) is 32.4 Å². The molecule has 1 aliphatic heterocycles. The Balaban J connectivity index is 1.85. The topological polar surface area (TPSA) is 79.5 Å². The minimum absolute atomic E-state index is 0.523. The van der Waals surface area contributed by atoms with E-state index in [-0.39, 0.29) is 0 Å². The predicted octanol–water partition coefficient (Wildman–Crippen LogP) is 0.0993. The van der Waals surface area contributed by atoms with Crippen LogP contribution in [-0.4, -0.2) is 60.2 Å². The lowest BCUT2D eigenvalue weighted by Crippen LogP contribution is -2.47. The Morgan fingerprint density at radius 1 is 1.26 bits per heavy atom. The van der Waals surface area contributed by atoms with E-state index in [0.717, 1.165) is 18.7 Å². The molecule has 108 valence electrons. The van der Waals surface area contributed by atoms with Gasteiger partial charge in [-0.1, -0.05) is 12.1 Å². The summed E-state index contributed by atoms with van der Waals surface area (Å²) in [5.74, 6) is 1.35. The summed E-state index contributed by atoms with van der Waals surface area (Å²) < 4.78 is 29.5. The summed E-state index contributed by atoms with van der Waals surface area (Å²) in [4.78, 5) is 6.44. The fourth-order valence-electron chi connectivity index (χ4n) is 2.09. The number of rotatable bonds is 5. The van der Waals surface area contributed by atoms with Crippen molar-refractivity contribution in [1.82, 2.24) is 19.3 Å². The SMILES string of the molecule is CCCc1noc(CN2CCN(S(C)(=O)=O)CC2)n1. The lowest BCUT2D eigenvalue weighted by molar-refractivity contribution is 0.163. The molecule has 1 aromatic heterocycles. The van der Waals surface area contributed by atoms with Gasteiger partial charge in [-0.25, -0.2) is 8.42 Å². The highest BCUT2D eigenvalue weighted by molar-refractivity contribution is 7.88. The van der Waals surface area contributed by atoms with Gasteiger partial charge in [-0.2, -0.15) is 9.29 Å². The van der Waals surface area contributed by atoms with E-state index in [2.05, 4.69) is 22.0 Å². The first kappa shape index (κ1) is 14.4. The third-order valence-corrected chi connectivity index (χ3v) is 4.45. The van der Waals surface area contributed by atoms with Crippen molar-refractivity contribution in [1.29, 1.82) is 0 Å². The summed E-state index contributed by atoms with van der Waals surface area (Å²) in [6.07, 6.45) is 3.06. The first-order chi connectivity index (χ1) is 8.99. The lowest BCUT2D eigenvalue weighted by atomic mass is 10.3. The maximum absolute atomic E-state index is 11.4. The zero-order chi connectivity index (χ0) is 13.9. The molecule has 1 saturated heterocycles. The zero-order valence-electron chi connectivity index (χ0n) is 11.4. The van der Waals surface area contributed by atoms with Crippen molar-refractivity contribution in [3.63, 3.8) is 0 Å². The summed E-state index contributed by atoms with van der Waals surface area (Å²) in [5, 5.41) is 3.91. The Morgan fingerprint density at radius 3 is 2.53 bits per heavy atom. The van der Waals surface area contributed by atoms with E-state index in [1.54, 1.807) is 0 Å². The van der Waals surface area contributed by atoms with Gasteiger partial charge in [-0.15, -0.1) is 0 Å².